The number of hydrogen-bond acceptors (Lipinski definition) is 4. The Hall–Kier alpha value is -1.85. The average Bonchev–Trinajstić information content (AvgIpc) is 2.22. The summed E-state index contributed by atoms with van der Waals surface area (Å²) < 4.78 is 6.69. The molecule has 104 valence electrons. The van der Waals surface area contributed by atoms with E-state index in [9.17, 15) is 9.59 Å². The van der Waals surface area contributed by atoms with Gasteiger partial charge in [0.25, 0.3) is 5.56 Å². The lowest BCUT2D eigenvalue weighted by molar-refractivity contribution is -0.00403. The first-order valence-corrected chi connectivity index (χ1v) is 6.35. The largest absolute Gasteiger partial charge is 0.444 e. The normalized spacial score (nSPS) is 16.1. The van der Waals surface area contributed by atoms with Crippen molar-refractivity contribution in [2.45, 2.75) is 32.9 Å². The van der Waals surface area contributed by atoms with E-state index in [2.05, 4.69) is 5.10 Å². The number of likely N-dealkylation sites (tertiary alicyclic amines) is 1. The molecule has 0 radical (unpaired) electrons. The summed E-state index contributed by atoms with van der Waals surface area (Å²) in [6, 6.07) is 3.10. The molecule has 0 spiro atoms. The first-order valence-electron chi connectivity index (χ1n) is 6.35. The number of hydrogen-bond donors (Lipinski definition) is 0. The molecule has 19 heavy (non-hydrogen) atoms. The van der Waals surface area contributed by atoms with Gasteiger partial charge in [-0.2, -0.15) is 5.10 Å². The highest BCUT2D eigenvalue weighted by Gasteiger charge is 2.33. The van der Waals surface area contributed by atoms with Crippen LogP contribution in [0.4, 0.5) is 4.79 Å². The average molecular weight is 265 g/mol. The lowest BCUT2D eigenvalue weighted by Gasteiger charge is -2.39. The highest BCUT2D eigenvalue weighted by Crippen LogP contribution is 2.20. The number of rotatable bonds is 2. The summed E-state index contributed by atoms with van der Waals surface area (Å²) in [5.41, 5.74) is -0.585. The molecule has 0 unspecified atom stereocenters. The third kappa shape index (κ3) is 3.56. The predicted octanol–water partition coefficient (Wildman–Crippen LogP) is 1.11. The van der Waals surface area contributed by atoms with Crippen molar-refractivity contribution in [3.63, 3.8) is 0 Å². The fraction of sp³-hybridized carbons (Fsp3) is 0.615. The van der Waals surface area contributed by atoms with Crippen LogP contribution in [0.5, 0.6) is 0 Å². The van der Waals surface area contributed by atoms with Gasteiger partial charge in [0.15, 0.2) is 0 Å². The van der Waals surface area contributed by atoms with E-state index < -0.39 is 5.60 Å². The first-order chi connectivity index (χ1) is 8.85. The third-order valence-corrected chi connectivity index (χ3v) is 2.83. The van der Waals surface area contributed by atoms with Crippen LogP contribution in [0.1, 0.15) is 20.8 Å². The standard InChI is InChI=1S/C13H19N3O3/c1-13(2,3)19-12(18)15-7-10(8-15)9-16-11(17)5-4-6-14-16/h4-6,10H,7-9H2,1-3H3. The van der Waals surface area contributed by atoms with Gasteiger partial charge in [-0.25, -0.2) is 9.48 Å². The monoisotopic (exact) mass is 265 g/mol. The molecule has 1 aliphatic heterocycles. The molecule has 2 rings (SSSR count). The minimum Gasteiger partial charge on any atom is -0.444 e. The van der Waals surface area contributed by atoms with Crippen LogP contribution < -0.4 is 5.56 Å². The Morgan fingerprint density at radius 2 is 2.16 bits per heavy atom. The number of nitrogens with zero attached hydrogens (tertiary/aromatic N) is 3. The van der Waals surface area contributed by atoms with Crippen LogP contribution in [0.15, 0.2) is 23.1 Å². The number of ether oxygens (including phenoxy) is 1. The van der Waals surface area contributed by atoms with Gasteiger partial charge in [0, 0.05) is 31.3 Å². The summed E-state index contributed by atoms with van der Waals surface area (Å²) in [7, 11) is 0. The van der Waals surface area contributed by atoms with Crippen molar-refractivity contribution in [2.24, 2.45) is 5.92 Å². The predicted molar refractivity (Wildman–Crippen MR) is 69.8 cm³/mol. The van der Waals surface area contributed by atoms with Gasteiger partial charge < -0.3 is 9.64 Å². The molecule has 1 aliphatic rings. The van der Waals surface area contributed by atoms with E-state index in [1.165, 1.54) is 10.7 Å². The van der Waals surface area contributed by atoms with Gasteiger partial charge in [-0.3, -0.25) is 4.79 Å². The van der Waals surface area contributed by atoms with Crippen LogP contribution in [0, 0.1) is 5.92 Å². The minimum atomic E-state index is -0.472. The molecule has 1 saturated heterocycles. The second-order valence-corrected chi connectivity index (χ2v) is 5.80. The first kappa shape index (κ1) is 13.6. The van der Waals surface area contributed by atoms with E-state index >= 15 is 0 Å². The van der Waals surface area contributed by atoms with Crippen LogP contribution in [0.2, 0.25) is 0 Å². The van der Waals surface area contributed by atoms with Crippen LogP contribution in [-0.4, -0.2) is 39.5 Å². The quantitative estimate of drug-likeness (QED) is 0.803. The number of carbonyl (C=O) groups excluding carboxylic acids is 1. The molecule has 1 fully saturated rings. The molecule has 0 atom stereocenters. The van der Waals surface area contributed by atoms with Crippen LogP contribution in [0.3, 0.4) is 0 Å². The molecule has 0 saturated carbocycles. The molecule has 1 aromatic rings. The van der Waals surface area contributed by atoms with Gasteiger partial charge >= 0.3 is 6.09 Å². The second kappa shape index (κ2) is 5.03. The molecule has 0 aliphatic carbocycles. The second-order valence-electron chi connectivity index (χ2n) is 5.80. The van der Waals surface area contributed by atoms with Crippen LogP contribution >= 0.6 is 0 Å². The fourth-order valence-corrected chi connectivity index (χ4v) is 1.93. The maximum Gasteiger partial charge on any atom is 0.410 e. The van der Waals surface area contributed by atoms with Crippen molar-refractivity contribution in [1.29, 1.82) is 0 Å². The highest BCUT2D eigenvalue weighted by atomic mass is 16.6. The van der Waals surface area contributed by atoms with Crippen LogP contribution in [-0.2, 0) is 11.3 Å². The van der Waals surface area contributed by atoms with Crippen molar-refractivity contribution in [1.82, 2.24) is 14.7 Å². The number of aromatic nitrogens is 2. The van der Waals surface area contributed by atoms with Crippen LogP contribution in [0.25, 0.3) is 0 Å². The molecule has 1 amide bonds. The summed E-state index contributed by atoms with van der Waals surface area (Å²) in [5, 5.41) is 4.00. The number of carbonyl (C=O) groups is 1. The Bertz CT molecular complexity index is 512. The summed E-state index contributed by atoms with van der Waals surface area (Å²) in [6.07, 6.45) is 1.29. The van der Waals surface area contributed by atoms with E-state index in [0.717, 1.165) is 0 Å². The summed E-state index contributed by atoms with van der Waals surface area (Å²) in [5.74, 6) is 0.264. The summed E-state index contributed by atoms with van der Waals surface area (Å²) in [6.45, 7) is 7.29. The van der Waals surface area contributed by atoms with Gasteiger partial charge in [-0.1, -0.05) is 0 Å². The molecule has 0 N–H and O–H groups in total. The zero-order chi connectivity index (χ0) is 14.0. The fourth-order valence-electron chi connectivity index (χ4n) is 1.93. The Morgan fingerprint density at radius 1 is 1.47 bits per heavy atom. The third-order valence-electron chi connectivity index (χ3n) is 2.83. The lowest BCUT2D eigenvalue weighted by Crippen LogP contribution is -2.53. The van der Waals surface area contributed by atoms with Crippen molar-refractivity contribution in [3.05, 3.63) is 28.7 Å². The van der Waals surface area contributed by atoms with Gasteiger partial charge in [-0.15, -0.1) is 0 Å². The SMILES string of the molecule is CC(C)(C)OC(=O)N1CC(Cn2ncccc2=O)C1. The zero-order valence-corrected chi connectivity index (χ0v) is 11.5. The molecular formula is C13H19N3O3. The van der Waals surface area contributed by atoms with Gasteiger partial charge in [-0.05, 0) is 26.8 Å². The molecular weight excluding hydrogens is 246 g/mol. The Kier molecular flexibility index (Phi) is 3.59. The van der Waals surface area contributed by atoms with Gasteiger partial charge in [0.2, 0.25) is 0 Å². The molecule has 0 aromatic carbocycles. The number of amides is 1. The van der Waals surface area contributed by atoms with E-state index in [-0.39, 0.29) is 17.6 Å². The summed E-state index contributed by atoms with van der Waals surface area (Å²) in [4.78, 5) is 24.9. The Morgan fingerprint density at radius 3 is 2.74 bits per heavy atom. The van der Waals surface area contributed by atoms with Crippen molar-refractivity contribution in [3.8, 4) is 0 Å². The van der Waals surface area contributed by atoms with Gasteiger partial charge in [0.05, 0.1) is 6.54 Å². The topological polar surface area (TPSA) is 64.4 Å². The van der Waals surface area contributed by atoms with E-state index in [4.69, 9.17) is 4.74 Å². The smallest absolute Gasteiger partial charge is 0.410 e. The van der Waals surface area contributed by atoms with E-state index in [1.807, 2.05) is 20.8 Å². The molecule has 6 nitrogen and oxygen atoms in total. The van der Waals surface area contributed by atoms with E-state index in [1.54, 1.807) is 17.2 Å². The van der Waals surface area contributed by atoms with Crippen molar-refractivity contribution >= 4 is 6.09 Å². The van der Waals surface area contributed by atoms with E-state index in [0.29, 0.717) is 19.6 Å². The van der Waals surface area contributed by atoms with Gasteiger partial charge in [0.1, 0.15) is 5.60 Å². The maximum atomic E-state index is 11.7. The Balaban J connectivity index is 1.82. The minimum absolute atomic E-state index is 0.113. The molecule has 2 heterocycles. The summed E-state index contributed by atoms with van der Waals surface area (Å²) >= 11 is 0. The zero-order valence-electron chi connectivity index (χ0n) is 11.5. The molecule has 6 heteroatoms. The lowest BCUT2D eigenvalue weighted by atomic mass is 10.0. The Labute approximate surface area is 112 Å². The van der Waals surface area contributed by atoms with Crippen molar-refractivity contribution in [2.75, 3.05) is 13.1 Å². The van der Waals surface area contributed by atoms with Crippen molar-refractivity contribution < 1.29 is 9.53 Å². The maximum absolute atomic E-state index is 11.7. The highest BCUT2D eigenvalue weighted by molar-refractivity contribution is 5.69. The molecule has 1 aromatic heterocycles. The molecule has 0 bridgehead atoms.